The molecule has 1 fully saturated rings. The molecule has 0 radical (unpaired) electrons. The van der Waals surface area contributed by atoms with Crippen molar-refractivity contribution in [2.45, 2.75) is 45.1 Å². The van der Waals surface area contributed by atoms with Gasteiger partial charge in [-0.2, -0.15) is 5.26 Å². The molecule has 2 aromatic rings. The average Bonchev–Trinajstić information content (AvgIpc) is 3.15. The van der Waals surface area contributed by atoms with Gasteiger partial charge < -0.3 is 9.73 Å². The number of nitro groups is 1. The average molecular weight is 379 g/mol. The minimum Gasteiger partial charge on any atom is -0.457 e. The van der Waals surface area contributed by atoms with E-state index in [1.165, 1.54) is 24.6 Å². The second-order valence-corrected chi connectivity index (χ2v) is 6.94. The van der Waals surface area contributed by atoms with Crippen LogP contribution in [0, 0.1) is 28.4 Å². The van der Waals surface area contributed by atoms with Crippen LogP contribution in [0.1, 0.15) is 43.4 Å². The minimum absolute atomic E-state index is 0.0257. The molecule has 144 valence electrons. The molecule has 0 spiro atoms. The number of carbonyl (C=O) groups excluding carboxylic acids is 1. The first-order valence-electron chi connectivity index (χ1n) is 9.26. The van der Waals surface area contributed by atoms with E-state index in [0.29, 0.717) is 17.1 Å². The van der Waals surface area contributed by atoms with Crippen LogP contribution in [0.25, 0.3) is 17.4 Å². The number of benzene rings is 1. The predicted octanol–water partition coefficient (Wildman–Crippen LogP) is 4.52. The smallest absolute Gasteiger partial charge is 0.270 e. The van der Waals surface area contributed by atoms with E-state index in [4.69, 9.17) is 4.42 Å². The lowest BCUT2D eigenvalue weighted by Crippen LogP contribution is -2.36. The lowest BCUT2D eigenvalue weighted by molar-refractivity contribution is -0.384. The number of hydrogen-bond acceptors (Lipinski definition) is 5. The SMILES string of the molecule is Cc1ccc([N+](=O)[O-])cc1-c1ccc(C=C(C#N)C(=O)NC2CCCCC2)o1. The number of hydrogen-bond donors (Lipinski definition) is 1. The minimum atomic E-state index is -0.462. The Hall–Kier alpha value is -3.40. The highest BCUT2D eigenvalue weighted by Gasteiger charge is 2.19. The Balaban J connectivity index is 1.80. The van der Waals surface area contributed by atoms with Crippen LogP contribution in [0.4, 0.5) is 5.69 Å². The Morgan fingerprint density at radius 3 is 2.71 bits per heavy atom. The van der Waals surface area contributed by atoms with Crippen LogP contribution in [0.3, 0.4) is 0 Å². The van der Waals surface area contributed by atoms with Gasteiger partial charge in [0.25, 0.3) is 11.6 Å². The van der Waals surface area contributed by atoms with Crippen molar-refractivity contribution in [1.29, 1.82) is 5.26 Å². The molecule has 1 N–H and O–H groups in total. The zero-order valence-corrected chi connectivity index (χ0v) is 15.6. The fraction of sp³-hybridized carbons (Fsp3) is 0.333. The van der Waals surface area contributed by atoms with E-state index in [0.717, 1.165) is 31.2 Å². The summed E-state index contributed by atoms with van der Waals surface area (Å²) in [6.07, 6.45) is 6.61. The molecule has 0 bridgehead atoms. The summed E-state index contributed by atoms with van der Waals surface area (Å²) in [5.41, 5.74) is 1.37. The zero-order chi connectivity index (χ0) is 20.1. The maximum absolute atomic E-state index is 12.4. The van der Waals surface area contributed by atoms with E-state index in [-0.39, 0.29) is 17.3 Å². The number of rotatable bonds is 5. The van der Waals surface area contributed by atoms with Crippen LogP contribution in [0.2, 0.25) is 0 Å². The number of furan rings is 1. The number of non-ortho nitro benzene ring substituents is 1. The highest BCUT2D eigenvalue weighted by atomic mass is 16.6. The lowest BCUT2D eigenvalue weighted by Gasteiger charge is -2.22. The molecule has 1 aliphatic rings. The van der Waals surface area contributed by atoms with Gasteiger partial charge in [0, 0.05) is 29.8 Å². The number of amides is 1. The van der Waals surface area contributed by atoms with Crippen molar-refractivity contribution in [3.05, 3.63) is 57.3 Å². The molecule has 1 heterocycles. The van der Waals surface area contributed by atoms with E-state index >= 15 is 0 Å². The highest BCUT2D eigenvalue weighted by molar-refractivity contribution is 6.01. The number of nitriles is 1. The maximum Gasteiger partial charge on any atom is 0.270 e. The summed E-state index contributed by atoms with van der Waals surface area (Å²) >= 11 is 0. The molecule has 1 saturated carbocycles. The molecule has 7 heteroatoms. The second-order valence-electron chi connectivity index (χ2n) is 6.94. The van der Waals surface area contributed by atoms with Gasteiger partial charge in [0.05, 0.1) is 4.92 Å². The van der Waals surface area contributed by atoms with Gasteiger partial charge >= 0.3 is 0 Å². The molecule has 0 unspecified atom stereocenters. The van der Waals surface area contributed by atoms with E-state index in [2.05, 4.69) is 5.32 Å². The zero-order valence-electron chi connectivity index (χ0n) is 15.6. The van der Waals surface area contributed by atoms with E-state index in [1.54, 1.807) is 18.2 Å². The van der Waals surface area contributed by atoms with Crippen molar-refractivity contribution in [2.24, 2.45) is 0 Å². The predicted molar refractivity (Wildman–Crippen MR) is 104 cm³/mol. The molecule has 7 nitrogen and oxygen atoms in total. The molecule has 0 aliphatic heterocycles. The first-order chi connectivity index (χ1) is 13.5. The van der Waals surface area contributed by atoms with E-state index in [1.807, 2.05) is 13.0 Å². The molecule has 1 amide bonds. The van der Waals surface area contributed by atoms with Gasteiger partial charge in [-0.3, -0.25) is 14.9 Å². The number of nitro benzene ring substituents is 1. The van der Waals surface area contributed by atoms with Crippen molar-refractivity contribution in [1.82, 2.24) is 5.32 Å². The van der Waals surface area contributed by atoms with Crippen molar-refractivity contribution in [3.8, 4) is 17.4 Å². The first kappa shape index (κ1) is 19.4. The van der Waals surface area contributed by atoms with Crippen molar-refractivity contribution >= 4 is 17.7 Å². The Morgan fingerprint density at radius 2 is 2.04 bits per heavy atom. The van der Waals surface area contributed by atoms with E-state index in [9.17, 15) is 20.2 Å². The van der Waals surface area contributed by atoms with E-state index < -0.39 is 10.8 Å². The summed E-state index contributed by atoms with van der Waals surface area (Å²) in [6.45, 7) is 1.83. The standard InChI is InChI=1S/C21H21N3O4/c1-14-7-8-17(24(26)27)12-19(14)20-10-9-18(28-20)11-15(13-22)21(25)23-16-5-3-2-4-6-16/h7-12,16H,2-6H2,1H3,(H,23,25). The topological polar surface area (TPSA) is 109 Å². The number of nitrogens with zero attached hydrogens (tertiary/aromatic N) is 2. The van der Waals surface area contributed by atoms with Gasteiger partial charge in [-0.25, -0.2) is 0 Å². The third kappa shape index (κ3) is 4.46. The molecule has 1 aromatic heterocycles. The Morgan fingerprint density at radius 1 is 1.29 bits per heavy atom. The number of nitrogens with one attached hydrogen (secondary N) is 1. The van der Waals surface area contributed by atoms with Crippen LogP contribution in [0.5, 0.6) is 0 Å². The molecule has 1 aliphatic carbocycles. The monoisotopic (exact) mass is 379 g/mol. The normalized spacial score (nSPS) is 15.1. The van der Waals surface area contributed by atoms with Crippen LogP contribution < -0.4 is 5.32 Å². The fourth-order valence-electron chi connectivity index (χ4n) is 3.37. The molecule has 28 heavy (non-hydrogen) atoms. The quantitative estimate of drug-likeness (QED) is 0.355. The summed E-state index contributed by atoms with van der Waals surface area (Å²) < 4.78 is 5.73. The van der Waals surface area contributed by atoms with Crippen LogP contribution in [-0.4, -0.2) is 16.9 Å². The van der Waals surface area contributed by atoms with Crippen LogP contribution in [0.15, 0.2) is 40.3 Å². The molecular weight excluding hydrogens is 358 g/mol. The molecule has 3 rings (SSSR count). The van der Waals surface area contributed by atoms with Gasteiger partial charge in [0.2, 0.25) is 0 Å². The lowest BCUT2D eigenvalue weighted by atomic mass is 9.95. The van der Waals surface area contributed by atoms with Gasteiger partial charge in [-0.1, -0.05) is 25.3 Å². The van der Waals surface area contributed by atoms with Gasteiger partial charge in [-0.05, 0) is 37.5 Å². The number of aryl methyl sites for hydroxylation is 1. The summed E-state index contributed by atoms with van der Waals surface area (Å²) in [4.78, 5) is 22.9. The van der Waals surface area contributed by atoms with Crippen LogP contribution in [-0.2, 0) is 4.79 Å². The van der Waals surface area contributed by atoms with Crippen molar-refractivity contribution < 1.29 is 14.1 Å². The largest absolute Gasteiger partial charge is 0.457 e. The maximum atomic E-state index is 12.4. The molecule has 1 aromatic carbocycles. The summed E-state index contributed by atoms with van der Waals surface area (Å²) in [5, 5.41) is 23.3. The summed E-state index contributed by atoms with van der Waals surface area (Å²) in [7, 11) is 0. The molecule has 0 saturated heterocycles. The molecule has 0 atom stereocenters. The fourth-order valence-corrected chi connectivity index (χ4v) is 3.37. The van der Waals surface area contributed by atoms with Gasteiger partial charge in [-0.15, -0.1) is 0 Å². The third-order valence-corrected chi connectivity index (χ3v) is 4.92. The molecular formula is C21H21N3O4. The van der Waals surface area contributed by atoms with Crippen molar-refractivity contribution in [2.75, 3.05) is 0 Å². The Bertz CT molecular complexity index is 962. The Labute approximate surface area is 162 Å². The Kier molecular flexibility index (Phi) is 5.90. The van der Waals surface area contributed by atoms with Crippen LogP contribution >= 0.6 is 0 Å². The highest BCUT2D eigenvalue weighted by Crippen LogP contribution is 2.29. The summed E-state index contributed by atoms with van der Waals surface area (Å²) in [6, 6.07) is 9.88. The first-order valence-corrected chi connectivity index (χ1v) is 9.26. The third-order valence-electron chi connectivity index (χ3n) is 4.92. The van der Waals surface area contributed by atoms with Crippen molar-refractivity contribution in [3.63, 3.8) is 0 Å². The van der Waals surface area contributed by atoms with Gasteiger partial charge in [0.1, 0.15) is 23.2 Å². The van der Waals surface area contributed by atoms with Gasteiger partial charge in [0.15, 0.2) is 0 Å². The number of carbonyl (C=O) groups is 1. The second kappa shape index (κ2) is 8.53. The summed E-state index contributed by atoms with van der Waals surface area (Å²) in [5.74, 6) is 0.382.